The molecule has 8 nitrogen and oxygen atoms in total. The van der Waals surface area contributed by atoms with Gasteiger partial charge in [-0.1, -0.05) is 18.2 Å². The second-order valence-corrected chi connectivity index (χ2v) is 10.2. The van der Waals surface area contributed by atoms with Crippen LogP contribution in [0, 0.1) is 12.1 Å². The zero-order valence-electron chi connectivity index (χ0n) is 19.9. The lowest BCUT2D eigenvalue weighted by Crippen LogP contribution is -2.25. The van der Waals surface area contributed by atoms with Gasteiger partial charge in [0.05, 0.1) is 11.9 Å². The number of amides is 1. The molecule has 2 aromatic carbocycles. The van der Waals surface area contributed by atoms with E-state index in [9.17, 15) is 13.2 Å². The van der Waals surface area contributed by atoms with Crippen molar-refractivity contribution in [2.45, 2.75) is 32.1 Å². The van der Waals surface area contributed by atoms with Crippen LogP contribution >= 0.6 is 0 Å². The third-order valence-corrected chi connectivity index (χ3v) is 6.32. The Morgan fingerprint density at radius 2 is 1.91 bits per heavy atom. The molecule has 34 heavy (non-hydrogen) atoms. The standard InChI is InChI=1S/C13H20N2O2S.C12H14N2O2/c1-18(16,17)14-13-6-4-12(5-7-13)8-11-15-9-2-3-10-15;1-13-12(15)8-16-11-6-2-5-10-9(11)4-3-7-14-10/h4-7,14H,2-3,8-11H2,1H3;6,14H,3-4,7-8H2,1H3,(H,13,15). The van der Waals surface area contributed by atoms with E-state index in [0.29, 0.717) is 5.69 Å². The minimum atomic E-state index is -3.17. The molecule has 0 spiro atoms. The Balaban J connectivity index is 0.000000192. The number of nitrogens with zero attached hydrogens (tertiary/aromatic N) is 1. The van der Waals surface area contributed by atoms with Crippen LogP contribution in [0.4, 0.5) is 11.4 Å². The Morgan fingerprint density at radius 1 is 1.18 bits per heavy atom. The molecule has 2 aromatic rings. The number of rotatable bonds is 8. The van der Waals surface area contributed by atoms with Crippen LogP contribution in [-0.4, -0.2) is 65.3 Å². The molecule has 0 aliphatic carbocycles. The van der Waals surface area contributed by atoms with Gasteiger partial charge >= 0.3 is 0 Å². The fourth-order valence-electron chi connectivity index (χ4n) is 3.93. The van der Waals surface area contributed by atoms with E-state index in [1.165, 1.54) is 31.5 Å². The molecule has 2 aliphatic rings. The number of fused-ring (bicyclic) bond motifs is 1. The summed E-state index contributed by atoms with van der Waals surface area (Å²) in [5.41, 5.74) is 3.91. The molecule has 0 radical (unpaired) electrons. The SMILES string of the molecule is CNC(=O)COc1cc#cc2c1CCCN2.CS(=O)(=O)Nc1ccc(CCN2CCCC2)cc1. The first-order chi connectivity index (χ1) is 16.3. The summed E-state index contributed by atoms with van der Waals surface area (Å²) in [7, 11) is -1.58. The van der Waals surface area contributed by atoms with E-state index in [-0.39, 0.29) is 12.5 Å². The average molecular weight is 487 g/mol. The van der Waals surface area contributed by atoms with Crippen LogP contribution < -0.4 is 20.1 Å². The number of hydrogen-bond acceptors (Lipinski definition) is 6. The van der Waals surface area contributed by atoms with Gasteiger partial charge in [0.1, 0.15) is 5.75 Å². The van der Waals surface area contributed by atoms with Crippen LogP contribution in [0.1, 0.15) is 30.4 Å². The quantitative estimate of drug-likeness (QED) is 0.530. The highest BCUT2D eigenvalue weighted by Gasteiger charge is 2.14. The summed E-state index contributed by atoms with van der Waals surface area (Å²) in [5, 5.41) is 5.75. The minimum Gasteiger partial charge on any atom is -0.483 e. The number of ether oxygens (including phenoxy) is 1. The third-order valence-electron chi connectivity index (χ3n) is 5.72. The molecule has 1 fully saturated rings. The summed E-state index contributed by atoms with van der Waals surface area (Å²) in [6.45, 7) is 4.53. The lowest BCUT2D eigenvalue weighted by Gasteiger charge is -2.18. The van der Waals surface area contributed by atoms with Gasteiger partial charge < -0.3 is 20.3 Å². The van der Waals surface area contributed by atoms with Crippen molar-refractivity contribution in [2.24, 2.45) is 0 Å². The number of carbonyl (C=O) groups is 1. The van der Waals surface area contributed by atoms with Crippen LogP contribution in [0.25, 0.3) is 0 Å². The van der Waals surface area contributed by atoms with Crippen molar-refractivity contribution in [1.29, 1.82) is 0 Å². The van der Waals surface area contributed by atoms with Crippen molar-refractivity contribution >= 4 is 27.3 Å². The smallest absolute Gasteiger partial charge is 0.257 e. The second kappa shape index (κ2) is 12.5. The van der Waals surface area contributed by atoms with Crippen molar-refractivity contribution < 1.29 is 17.9 Å². The molecule has 0 atom stereocenters. The van der Waals surface area contributed by atoms with Crippen LogP contribution in [0.5, 0.6) is 5.75 Å². The first-order valence-corrected chi connectivity index (χ1v) is 13.5. The van der Waals surface area contributed by atoms with Gasteiger partial charge in [-0.2, -0.15) is 0 Å². The fourth-order valence-corrected chi connectivity index (χ4v) is 4.49. The lowest BCUT2D eigenvalue weighted by atomic mass is 10.0. The van der Waals surface area contributed by atoms with E-state index in [1.807, 2.05) is 24.3 Å². The lowest BCUT2D eigenvalue weighted by molar-refractivity contribution is -0.122. The minimum absolute atomic E-state index is 0.0425. The number of sulfonamides is 1. The van der Waals surface area contributed by atoms with Crippen molar-refractivity contribution in [1.82, 2.24) is 10.2 Å². The summed E-state index contributed by atoms with van der Waals surface area (Å²) in [4.78, 5) is 13.6. The maximum atomic E-state index is 11.1. The molecule has 2 heterocycles. The Kier molecular flexibility index (Phi) is 9.42. The van der Waals surface area contributed by atoms with E-state index >= 15 is 0 Å². The van der Waals surface area contributed by atoms with Gasteiger partial charge in [-0.15, -0.1) is 0 Å². The molecule has 0 saturated carbocycles. The summed E-state index contributed by atoms with van der Waals surface area (Å²) < 4.78 is 30.1. The van der Waals surface area contributed by atoms with E-state index in [0.717, 1.165) is 55.6 Å². The van der Waals surface area contributed by atoms with Crippen LogP contribution in [0.15, 0.2) is 30.3 Å². The van der Waals surface area contributed by atoms with Gasteiger partial charge in [-0.25, -0.2) is 8.42 Å². The van der Waals surface area contributed by atoms with Gasteiger partial charge in [0.2, 0.25) is 10.0 Å². The van der Waals surface area contributed by atoms with Gasteiger partial charge in [-0.3, -0.25) is 9.52 Å². The summed E-state index contributed by atoms with van der Waals surface area (Å²) in [6, 6.07) is 15.3. The highest BCUT2D eigenvalue weighted by Crippen LogP contribution is 2.28. The van der Waals surface area contributed by atoms with Gasteiger partial charge in [0, 0.05) is 37.5 Å². The largest absolute Gasteiger partial charge is 0.483 e. The average Bonchev–Trinajstić information content (AvgIpc) is 3.35. The first-order valence-electron chi connectivity index (χ1n) is 11.7. The predicted octanol–water partition coefficient (Wildman–Crippen LogP) is 2.47. The summed E-state index contributed by atoms with van der Waals surface area (Å²) in [6.07, 6.45) is 6.85. The number of likely N-dealkylation sites (N-methyl/N-ethyl adjacent to an activating group) is 1. The number of likely N-dealkylation sites (tertiary alicyclic amines) is 1. The Hall–Kier alpha value is -2.96. The van der Waals surface area contributed by atoms with Gasteiger partial charge in [-0.05, 0) is 69.0 Å². The van der Waals surface area contributed by atoms with Gasteiger partial charge in [0.15, 0.2) is 6.61 Å². The van der Waals surface area contributed by atoms with E-state index in [2.05, 4.69) is 32.4 Å². The Bertz CT molecular complexity index is 1040. The fraction of sp³-hybridized carbons (Fsp3) is 0.480. The monoisotopic (exact) mass is 486 g/mol. The molecule has 1 saturated heterocycles. The number of benzene rings is 1. The maximum Gasteiger partial charge on any atom is 0.257 e. The second-order valence-electron chi connectivity index (χ2n) is 8.49. The number of anilines is 2. The summed E-state index contributed by atoms with van der Waals surface area (Å²) >= 11 is 0. The molecular formula is C25H34N4O4S. The Morgan fingerprint density at radius 3 is 2.59 bits per heavy atom. The number of nitrogens with one attached hydrogen (secondary N) is 3. The van der Waals surface area contributed by atoms with E-state index in [4.69, 9.17) is 4.74 Å². The van der Waals surface area contributed by atoms with Crippen molar-refractivity contribution in [3.8, 4) is 5.75 Å². The topological polar surface area (TPSA) is 99.8 Å². The molecule has 184 valence electrons. The molecule has 2 aliphatic heterocycles. The summed E-state index contributed by atoms with van der Waals surface area (Å²) in [5.74, 6) is 0.593. The van der Waals surface area contributed by atoms with Crippen LogP contribution in [-0.2, 0) is 27.7 Å². The van der Waals surface area contributed by atoms with E-state index < -0.39 is 10.0 Å². The first kappa shape index (κ1) is 25.7. The van der Waals surface area contributed by atoms with Crippen molar-refractivity contribution in [2.75, 3.05) is 56.1 Å². The van der Waals surface area contributed by atoms with Gasteiger partial charge in [0.25, 0.3) is 5.91 Å². The molecule has 3 N–H and O–H groups in total. The number of carbonyl (C=O) groups excluding carboxylic acids is 1. The van der Waals surface area contributed by atoms with Crippen LogP contribution in [0.2, 0.25) is 0 Å². The molecule has 4 rings (SSSR count). The van der Waals surface area contributed by atoms with Crippen molar-refractivity contribution in [3.05, 3.63) is 53.6 Å². The Labute approximate surface area is 203 Å². The zero-order chi connectivity index (χ0) is 24.4. The maximum absolute atomic E-state index is 11.1. The number of hydrogen-bond donors (Lipinski definition) is 3. The van der Waals surface area contributed by atoms with Crippen LogP contribution in [0.3, 0.4) is 0 Å². The molecule has 0 aromatic heterocycles. The van der Waals surface area contributed by atoms with E-state index in [1.54, 1.807) is 13.1 Å². The third kappa shape index (κ3) is 8.43. The molecule has 9 heteroatoms. The highest BCUT2D eigenvalue weighted by atomic mass is 32.2. The molecule has 1 amide bonds. The highest BCUT2D eigenvalue weighted by molar-refractivity contribution is 7.92. The normalized spacial score (nSPS) is 15.1. The molecule has 0 unspecified atom stereocenters. The molecule has 0 bridgehead atoms. The zero-order valence-corrected chi connectivity index (χ0v) is 20.8. The predicted molar refractivity (Wildman–Crippen MR) is 135 cm³/mol. The van der Waals surface area contributed by atoms with Crippen molar-refractivity contribution in [3.63, 3.8) is 0 Å². The molecular weight excluding hydrogens is 452 g/mol.